The van der Waals surface area contributed by atoms with Gasteiger partial charge < -0.3 is 10.7 Å². The number of benzene rings is 2. The van der Waals surface area contributed by atoms with Crippen molar-refractivity contribution in [1.29, 1.82) is 0 Å². The summed E-state index contributed by atoms with van der Waals surface area (Å²) >= 11 is 0. The zero-order chi connectivity index (χ0) is 17.5. The smallest absolute Gasteiger partial charge is 0.264 e. The second kappa shape index (κ2) is 5.90. The molecule has 3 N–H and O–H groups in total. The molecule has 0 radical (unpaired) electrons. The van der Waals surface area contributed by atoms with Gasteiger partial charge in [-0.25, -0.2) is 22.0 Å². The number of hydrogen-bond donors (Lipinski definition) is 2. The number of alkyl halides is 2. The van der Waals surface area contributed by atoms with Crippen molar-refractivity contribution in [3.63, 3.8) is 0 Å². The lowest BCUT2D eigenvalue weighted by atomic mass is 9.99. The van der Waals surface area contributed by atoms with E-state index in [0.717, 1.165) is 18.2 Å². The van der Waals surface area contributed by atoms with E-state index in [1.165, 1.54) is 12.1 Å². The van der Waals surface area contributed by atoms with Gasteiger partial charge in [-0.3, -0.25) is 0 Å². The van der Waals surface area contributed by atoms with E-state index in [-0.39, 0.29) is 22.2 Å². The Kier molecular flexibility index (Phi) is 4.04. The van der Waals surface area contributed by atoms with Gasteiger partial charge in [0.2, 0.25) is 0 Å². The topological polar surface area (TPSA) is 41.8 Å². The molecule has 0 aliphatic rings. The van der Waals surface area contributed by atoms with Crippen molar-refractivity contribution in [2.45, 2.75) is 12.3 Å². The van der Waals surface area contributed by atoms with Crippen LogP contribution in [0, 0.1) is 17.5 Å². The van der Waals surface area contributed by atoms with E-state index in [2.05, 4.69) is 4.98 Å². The van der Waals surface area contributed by atoms with Crippen LogP contribution in [0.25, 0.3) is 22.2 Å². The molecule has 3 aromatic rings. The summed E-state index contributed by atoms with van der Waals surface area (Å²) in [5, 5.41) is 0.0138. The summed E-state index contributed by atoms with van der Waals surface area (Å²) < 4.78 is 68.3. The molecule has 1 aromatic heterocycles. The van der Waals surface area contributed by atoms with Gasteiger partial charge in [-0.05, 0) is 41.5 Å². The summed E-state index contributed by atoms with van der Waals surface area (Å²) in [6, 6.07) is 6.71. The fourth-order valence-electron chi connectivity index (χ4n) is 2.65. The first-order chi connectivity index (χ1) is 11.3. The second-order valence-electron chi connectivity index (χ2n) is 5.53. The van der Waals surface area contributed by atoms with Crippen LogP contribution >= 0.6 is 0 Å². The number of nitrogens with one attached hydrogen (secondary N) is 1. The molecule has 1 heterocycles. The SMILES string of the molecule is NCC(F)(F)Cc1c(-c2ccc(F)cc2)[nH]c2c(F)cc(F)cc12. The van der Waals surface area contributed by atoms with Crippen LogP contribution in [0.1, 0.15) is 5.56 Å². The molecule has 2 aromatic carbocycles. The van der Waals surface area contributed by atoms with Gasteiger partial charge in [0.25, 0.3) is 5.92 Å². The first kappa shape index (κ1) is 16.4. The molecule has 0 saturated heterocycles. The van der Waals surface area contributed by atoms with Gasteiger partial charge in [-0.15, -0.1) is 0 Å². The summed E-state index contributed by atoms with van der Waals surface area (Å²) in [6.45, 7) is -0.902. The van der Waals surface area contributed by atoms with Crippen LogP contribution in [0.3, 0.4) is 0 Å². The van der Waals surface area contributed by atoms with Crippen molar-refractivity contribution in [3.05, 3.63) is 59.4 Å². The number of aromatic nitrogens is 1. The molecule has 3 rings (SSSR count). The zero-order valence-electron chi connectivity index (χ0n) is 12.3. The molecular formula is C17H13F5N2. The van der Waals surface area contributed by atoms with Crippen molar-refractivity contribution >= 4 is 10.9 Å². The molecule has 0 fully saturated rings. The Labute approximate surface area is 134 Å². The fraction of sp³-hybridized carbons (Fsp3) is 0.176. The third-order valence-corrected chi connectivity index (χ3v) is 3.80. The molecule has 126 valence electrons. The fourth-order valence-corrected chi connectivity index (χ4v) is 2.65. The van der Waals surface area contributed by atoms with Crippen molar-refractivity contribution in [3.8, 4) is 11.3 Å². The predicted octanol–water partition coefficient (Wildman–Crippen LogP) is 4.39. The number of fused-ring (bicyclic) bond motifs is 1. The summed E-state index contributed by atoms with van der Waals surface area (Å²) in [4.78, 5) is 2.70. The second-order valence-corrected chi connectivity index (χ2v) is 5.53. The summed E-state index contributed by atoms with van der Waals surface area (Å²) in [7, 11) is 0. The maximum absolute atomic E-state index is 14.0. The molecular weight excluding hydrogens is 327 g/mol. The maximum atomic E-state index is 14.0. The van der Waals surface area contributed by atoms with Gasteiger partial charge in [-0.2, -0.15) is 0 Å². The van der Waals surface area contributed by atoms with Crippen LogP contribution in [0.5, 0.6) is 0 Å². The monoisotopic (exact) mass is 340 g/mol. The quantitative estimate of drug-likeness (QED) is 0.680. The summed E-state index contributed by atoms with van der Waals surface area (Å²) in [5.74, 6) is -5.51. The third kappa shape index (κ3) is 2.99. The zero-order valence-corrected chi connectivity index (χ0v) is 12.3. The molecule has 0 spiro atoms. The van der Waals surface area contributed by atoms with Crippen LogP contribution in [0.4, 0.5) is 22.0 Å². The largest absolute Gasteiger partial charge is 0.352 e. The van der Waals surface area contributed by atoms with E-state index in [1.54, 1.807) is 0 Å². The highest BCUT2D eigenvalue weighted by Crippen LogP contribution is 2.35. The standard InChI is InChI=1S/C17H13F5N2/c18-10-3-1-9(2-4-10)15-13(7-17(21,22)8-23)12-5-11(19)6-14(20)16(12)24-15/h1-6,24H,7-8,23H2. The van der Waals surface area contributed by atoms with Gasteiger partial charge in [0.05, 0.1) is 12.1 Å². The number of H-pyrrole nitrogens is 1. The number of halogens is 5. The minimum absolute atomic E-state index is 0.0138. The van der Waals surface area contributed by atoms with Gasteiger partial charge in [0.1, 0.15) is 17.5 Å². The molecule has 7 heteroatoms. The van der Waals surface area contributed by atoms with Gasteiger partial charge >= 0.3 is 0 Å². The average molecular weight is 340 g/mol. The Morgan fingerprint density at radius 1 is 0.958 bits per heavy atom. The number of nitrogens with two attached hydrogens (primary N) is 1. The van der Waals surface area contributed by atoms with Crippen LogP contribution in [0.2, 0.25) is 0 Å². The highest BCUT2D eigenvalue weighted by molar-refractivity contribution is 5.91. The molecule has 0 saturated carbocycles. The van der Waals surface area contributed by atoms with E-state index in [0.29, 0.717) is 11.6 Å². The molecule has 0 bridgehead atoms. The van der Waals surface area contributed by atoms with Crippen LogP contribution < -0.4 is 5.73 Å². The van der Waals surface area contributed by atoms with E-state index in [4.69, 9.17) is 5.73 Å². The molecule has 0 atom stereocenters. The summed E-state index contributed by atoms with van der Waals surface area (Å²) in [6.07, 6.45) is -0.793. The van der Waals surface area contributed by atoms with Crippen molar-refractivity contribution in [2.75, 3.05) is 6.54 Å². The minimum Gasteiger partial charge on any atom is -0.352 e. The number of aromatic amines is 1. The maximum Gasteiger partial charge on any atom is 0.264 e. The predicted molar refractivity (Wildman–Crippen MR) is 81.3 cm³/mol. The van der Waals surface area contributed by atoms with Gasteiger partial charge in [-0.1, -0.05) is 0 Å². The molecule has 0 amide bonds. The molecule has 0 aliphatic heterocycles. The first-order valence-electron chi connectivity index (χ1n) is 7.14. The highest BCUT2D eigenvalue weighted by atomic mass is 19.3. The van der Waals surface area contributed by atoms with Gasteiger partial charge in [0.15, 0.2) is 0 Å². The summed E-state index contributed by atoms with van der Waals surface area (Å²) in [5.41, 5.74) is 5.59. The first-order valence-corrected chi connectivity index (χ1v) is 7.14. The third-order valence-electron chi connectivity index (χ3n) is 3.80. The normalized spacial score (nSPS) is 12.1. The Morgan fingerprint density at radius 2 is 1.62 bits per heavy atom. The molecule has 0 aliphatic carbocycles. The minimum atomic E-state index is -3.24. The van der Waals surface area contributed by atoms with Crippen molar-refractivity contribution in [2.24, 2.45) is 5.73 Å². The van der Waals surface area contributed by atoms with Crippen molar-refractivity contribution in [1.82, 2.24) is 4.98 Å². The number of hydrogen-bond acceptors (Lipinski definition) is 1. The van der Waals surface area contributed by atoms with Crippen LogP contribution in [-0.2, 0) is 6.42 Å². The molecule has 0 unspecified atom stereocenters. The van der Waals surface area contributed by atoms with E-state index in [1.807, 2.05) is 0 Å². The number of rotatable bonds is 4. The van der Waals surface area contributed by atoms with Crippen LogP contribution in [-0.4, -0.2) is 17.5 Å². The van der Waals surface area contributed by atoms with E-state index >= 15 is 0 Å². The molecule has 24 heavy (non-hydrogen) atoms. The average Bonchev–Trinajstić information content (AvgIpc) is 2.87. The van der Waals surface area contributed by atoms with Gasteiger partial charge in [0, 0.05) is 23.6 Å². The Balaban J connectivity index is 2.27. The van der Waals surface area contributed by atoms with Crippen LogP contribution in [0.15, 0.2) is 36.4 Å². The van der Waals surface area contributed by atoms with Crippen molar-refractivity contribution < 1.29 is 22.0 Å². The lowest BCUT2D eigenvalue weighted by Crippen LogP contribution is -2.30. The highest BCUT2D eigenvalue weighted by Gasteiger charge is 2.31. The lowest BCUT2D eigenvalue weighted by molar-refractivity contribution is 0.0119. The Hall–Kier alpha value is -2.41. The van der Waals surface area contributed by atoms with E-state index < -0.39 is 36.3 Å². The lowest BCUT2D eigenvalue weighted by Gasteiger charge is -2.15. The Bertz CT molecular complexity index is 884. The molecule has 2 nitrogen and oxygen atoms in total. The van der Waals surface area contributed by atoms with E-state index in [9.17, 15) is 22.0 Å². The Morgan fingerprint density at radius 3 is 2.25 bits per heavy atom.